The molecule has 0 spiro atoms. The van der Waals surface area contributed by atoms with Crippen molar-refractivity contribution in [3.8, 4) is 17.9 Å². The maximum absolute atomic E-state index is 14.5. The lowest BCUT2D eigenvalue weighted by molar-refractivity contribution is 0.158. The molecule has 0 atom stereocenters. The Kier molecular flexibility index (Phi) is 5.80. The van der Waals surface area contributed by atoms with E-state index in [0.717, 1.165) is 29.3 Å². The normalized spacial score (nSPS) is 11.5. The first-order chi connectivity index (χ1) is 16.1. The Morgan fingerprint density at radius 2 is 1.91 bits per heavy atom. The lowest BCUT2D eigenvalue weighted by atomic mass is 9.96. The SMILES string of the molecule is Cn1nnc2nc(N(CC(F)F)c3cc(F)cc(C#CC(C)(C)C#N)c3)c3cc(F)cnc3c21. The largest absolute Gasteiger partial charge is 0.320 e. The van der Waals surface area contributed by atoms with Crippen LogP contribution in [0, 0.1) is 40.2 Å². The quantitative estimate of drug-likeness (QED) is 0.325. The number of halogens is 4. The van der Waals surface area contributed by atoms with Gasteiger partial charge in [0, 0.05) is 23.7 Å². The Hall–Kier alpha value is -4.25. The van der Waals surface area contributed by atoms with Crippen LogP contribution in [-0.4, -0.2) is 37.9 Å². The van der Waals surface area contributed by atoms with Gasteiger partial charge >= 0.3 is 0 Å². The van der Waals surface area contributed by atoms with E-state index in [1.165, 1.54) is 10.7 Å². The topological polar surface area (TPSA) is 83.5 Å². The summed E-state index contributed by atoms with van der Waals surface area (Å²) in [6.07, 6.45) is -1.85. The van der Waals surface area contributed by atoms with Crippen molar-refractivity contribution < 1.29 is 17.6 Å². The van der Waals surface area contributed by atoms with E-state index in [2.05, 4.69) is 32.1 Å². The zero-order valence-corrected chi connectivity index (χ0v) is 18.3. The molecule has 172 valence electrons. The van der Waals surface area contributed by atoms with Crippen LogP contribution < -0.4 is 4.90 Å². The van der Waals surface area contributed by atoms with Gasteiger partial charge in [0.25, 0.3) is 6.43 Å². The second kappa shape index (κ2) is 8.60. The Morgan fingerprint density at radius 3 is 2.62 bits per heavy atom. The first-order valence-corrected chi connectivity index (χ1v) is 10.0. The van der Waals surface area contributed by atoms with Gasteiger partial charge in [0.2, 0.25) is 5.65 Å². The Bertz CT molecular complexity index is 1510. The van der Waals surface area contributed by atoms with Crippen molar-refractivity contribution in [1.29, 1.82) is 5.26 Å². The van der Waals surface area contributed by atoms with E-state index in [9.17, 15) is 17.6 Å². The van der Waals surface area contributed by atoms with Crippen molar-refractivity contribution >= 4 is 33.6 Å². The highest BCUT2D eigenvalue weighted by Crippen LogP contribution is 2.35. The summed E-state index contributed by atoms with van der Waals surface area (Å²) in [6.45, 7) is 2.32. The van der Waals surface area contributed by atoms with Crippen LogP contribution in [0.25, 0.3) is 22.1 Å². The Morgan fingerprint density at radius 1 is 1.15 bits per heavy atom. The third kappa shape index (κ3) is 4.46. The summed E-state index contributed by atoms with van der Waals surface area (Å²) in [5.74, 6) is 3.91. The van der Waals surface area contributed by atoms with Gasteiger partial charge in [0.1, 0.15) is 33.9 Å². The number of aryl methyl sites for hydroxylation is 1. The number of aromatic nitrogens is 5. The maximum atomic E-state index is 14.5. The van der Waals surface area contributed by atoms with Gasteiger partial charge in [-0.25, -0.2) is 27.2 Å². The maximum Gasteiger partial charge on any atom is 0.256 e. The minimum Gasteiger partial charge on any atom is -0.320 e. The van der Waals surface area contributed by atoms with Crippen molar-refractivity contribution in [2.24, 2.45) is 12.5 Å². The molecule has 0 radical (unpaired) electrons. The molecule has 1 aromatic carbocycles. The average molecular weight is 467 g/mol. The third-order valence-electron chi connectivity index (χ3n) is 4.91. The van der Waals surface area contributed by atoms with Crippen LogP contribution in [0.3, 0.4) is 0 Å². The molecule has 0 aliphatic heterocycles. The highest BCUT2D eigenvalue weighted by molar-refractivity contribution is 6.05. The summed E-state index contributed by atoms with van der Waals surface area (Å²) >= 11 is 0. The number of benzene rings is 1. The molecule has 0 bridgehead atoms. The second-order valence-corrected chi connectivity index (χ2v) is 8.06. The molecule has 4 aromatic rings. The number of anilines is 2. The molecule has 0 aliphatic carbocycles. The molecule has 3 heterocycles. The molecule has 0 amide bonds. The fraction of sp³-hybridized carbons (Fsp3) is 0.261. The van der Waals surface area contributed by atoms with Gasteiger partial charge in [0.15, 0.2) is 0 Å². The highest BCUT2D eigenvalue weighted by Gasteiger charge is 2.24. The average Bonchev–Trinajstić information content (AvgIpc) is 3.16. The van der Waals surface area contributed by atoms with Crippen LogP contribution in [0.5, 0.6) is 0 Å². The van der Waals surface area contributed by atoms with Crippen LogP contribution in [-0.2, 0) is 7.05 Å². The first-order valence-electron chi connectivity index (χ1n) is 10.0. The van der Waals surface area contributed by atoms with Crippen molar-refractivity contribution in [3.05, 3.63) is 47.7 Å². The number of hydrogen-bond donors (Lipinski definition) is 0. The van der Waals surface area contributed by atoms with Crippen molar-refractivity contribution in [2.75, 3.05) is 11.4 Å². The van der Waals surface area contributed by atoms with Crippen LogP contribution >= 0.6 is 0 Å². The number of nitriles is 1. The number of nitrogens with zero attached hydrogens (tertiary/aromatic N) is 7. The second-order valence-electron chi connectivity index (χ2n) is 8.06. The zero-order chi connectivity index (χ0) is 24.6. The van der Waals surface area contributed by atoms with Gasteiger partial charge in [-0.05, 0) is 38.1 Å². The number of alkyl halides is 2. The summed E-state index contributed by atoms with van der Waals surface area (Å²) < 4.78 is 57.4. The standard InChI is InChI=1S/C23H17F4N7/c1-23(2,12-28)5-4-13-6-14(24)8-16(7-13)34(11-18(26)27)22-17-9-15(25)10-29-19(17)20-21(30-22)31-32-33(20)3/h6-10,18H,11H2,1-3H3. The lowest BCUT2D eigenvalue weighted by Crippen LogP contribution is -2.25. The molecule has 0 fully saturated rings. The molecule has 11 heteroatoms. The molecule has 0 aliphatic rings. The number of fused-ring (bicyclic) bond motifs is 3. The Balaban J connectivity index is 1.97. The summed E-state index contributed by atoms with van der Waals surface area (Å²) in [5, 5.41) is 17.1. The zero-order valence-electron chi connectivity index (χ0n) is 18.3. The fourth-order valence-electron chi connectivity index (χ4n) is 3.36. The molecule has 4 rings (SSSR count). The molecular formula is C23H17F4N7. The number of pyridine rings is 2. The van der Waals surface area contributed by atoms with E-state index < -0.39 is 30.0 Å². The van der Waals surface area contributed by atoms with Gasteiger partial charge in [-0.1, -0.05) is 17.1 Å². The monoisotopic (exact) mass is 467 g/mol. The van der Waals surface area contributed by atoms with E-state index in [1.807, 2.05) is 6.07 Å². The van der Waals surface area contributed by atoms with Gasteiger partial charge in [-0.3, -0.25) is 4.98 Å². The van der Waals surface area contributed by atoms with Crippen molar-refractivity contribution in [3.63, 3.8) is 0 Å². The predicted octanol–water partition coefficient (Wildman–Crippen LogP) is 4.49. The van der Waals surface area contributed by atoms with E-state index in [-0.39, 0.29) is 33.6 Å². The van der Waals surface area contributed by atoms with Gasteiger partial charge in [0.05, 0.1) is 18.8 Å². The van der Waals surface area contributed by atoms with Crippen molar-refractivity contribution in [2.45, 2.75) is 20.3 Å². The molecule has 34 heavy (non-hydrogen) atoms. The van der Waals surface area contributed by atoms with E-state index in [4.69, 9.17) is 5.26 Å². The molecule has 0 unspecified atom stereocenters. The minimum absolute atomic E-state index is 0.0145. The van der Waals surface area contributed by atoms with Crippen LogP contribution in [0.1, 0.15) is 19.4 Å². The molecule has 0 N–H and O–H groups in total. The summed E-state index contributed by atoms with van der Waals surface area (Å²) in [5.41, 5.74) is -0.0590. The summed E-state index contributed by atoms with van der Waals surface area (Å²) in [7, 11) is 1.60. The number of hydrogen-bond acceptors (Lipinski definition) is 6. The van der Waals surface area contributed by atoms with E-state index in [0.29, 0.717) is 5.52 Å². The van der Waals surface area contributed by atoms with Gasteiger partial charge in [-0.2, -0.15) is 5.26 Å². The smallest absolute Gasteiger partial charge is 0.256 e. The predicted molar refractivity (Wildman–Crippen MR) is 117 cm³/mol. The minimum atomic E-state index is -2.84. The van der Waals surface area contributed by atoms with Gasteiger partial charge in [-0.15, -0.1) is 5.10 Å². The first kappa shape index (κ1) is 22.9. The summed E-state index contributed by atoms with van der Waals surface area (Å²) in [4.78, 5) is 9.51. The Labute approximate surface area is 191 Å². The van der Waals surface area contributed by atoms with Crippen LogP contribution in [0.4, 0.5) is 29.1 Å². The fourth-order valence-corrected chi connectivity index (χ4v) is 3.36. The highest BCUT2D eigenvalue weighted by atomic mass is 19.3. The van der Waals surface area contributed by atoms with E-state index >= 15 is 0 Å². The molecule has 7 nitrogen and oxygen atoms in total. The molecular weight excluding hydrogens is 450 g/mol. The molecule has 0 saturated carbocycles. The third-order valence-corrected chi connectivity index (χ3v) is 4.91. The summed E-state index contributed by atoms with van der Waals surface area (Å²) in [6, 6.07) is 6.70. The van der Waals surface area contributed by atoms with Crippen LogP contribution in [0.15, 0.2) is 30.5 Å². The molecule has 0 saturated heterocycles. The van der Waals surface area contributed by atoms with E-state index in [1.54, 1.807) is 20.9 Å². The number of rotatable bonds is 4. The molecule has 3 aromatic heterocycles. The van der Waals surface area contributed by atoms with Gasteiger partial charge < -0.3 is 4.90 Å². The van der Waals surface area contributed by atoms with Crippen molar-refractivity contribution in [1.82, 2.24) is 25.0 Å². The van der Waals surface area contributed by atoms with Crippen LogP contribution in [0.2, 0.25) is 0 Å². The lowest BCUT2D eigenvalue weighted by Gasteiger charge is -2.25.